The number of carbonyl (C=O) groups excluding carboxylic acids is 1. The van der Waals surface area contributed by atoms with E-state index >= 15 is 0 Å². The lowest BCUT2D eigenvalue weighted by Gasteiger charge is -2.23. The van der Waals surface area contributed by atoms with Crippen molar-refractivity contribution in [3.05, 3.63) is 23.3 Å². The Balaban J connectivity index is 2.92. The second-order valence-corrected chi connectivity index (χ2v) is 7.37. The predicted molar refractivity (Wildman–Crippen MR) is 86.9 cm³/mol. The second kappa shape index (κ2) is 8.28. The number of carbonyl (C=O) groups is 1. The third-order valence-electron chi connectivity index (χ3n) is 3.50. The smallest absolute Gasteiger partial charge is 0.294 e. The van der Waals surface area contributed by atoms with Gasteiger partial charge in [0.05, 0.1) is 12.0 Å². The largest absolute Gasteiger partial charge is 0.497 e. The summed E-state index contributed by atoms with van der Waals surface area (Å²) < 4.78 is 36.6. The Morgan fingerprint density at radius 3 is 2.17 bits per heavy atom. The van der Waals surface area contributed by atoms with Gasteiger partial charge in [-0.2, -0.15) is 4.31 Å². The molecule has 7 nitrogen and oxygen atoms in total. The molecule has 130 valence electrons. The van der Waals surface area contributed by atoms with E-state index in [9.17, 15) is 13.2 Å². The van der Waals surface area contributed by atoms with Crippen LogP contribution in [0.2, 0.25) is 0 Å². The fraction of sp³-hybridized carbons (Fsp3) is 0.533. The van der Waals surface area contributed by atoms with Gasteiger partial charge in [0, 0.05) is 20.1 Å². The van der Waals surface area contributed by atoms with Crippen LogP contribution in [0.15, 0.2) is 17.0 Å². The first-order valence-electron chi connectivity index (χ1n) is 7.09. The highest BCUT2D eigenvalue weighted by molar-refractivity contribution is 7.89. The summed E-state index contributed by atoms with van der Waals surface area (Å²) in [6.07, 6.45) is 0. The first-order valence-corrected chi connectivity index (χ1v) is 8.53. The van der Waals surface area contributed by atoms with Gasteiger partial charge in [-0.3, -0.25) is 9.69 Å². The Morgan fingerprint density at radius 1 is 1.13 bits per heavy atom. The van der Waals surface area contributed by atoms with Crippen molar-refractivity contribution in [1.82, 2.24) is 9.21 Å². The first kappa shape index (κ1) is 19.4. The van der Waals surface area contributed by atoms with Crippen molar-refractivity contribution in [2.24, 2.45) is 0 Å². The fourth-order valence-corrected chi connectivity index (χ4v) is 3.81. The van der Waals surface area contributed by atoms with Crippen molar-refractivity contribution in [3.8, 4) is 5.75 Å². The van der Waals surface area contributed by atoms with Crippen LogP contribution < -0.4 is 4.74 Å². The molecule has 1 rings (SSSR count). The lowest BCUT2D eigenvalue weighted by Crippen LogP contribution is -2.36. The van der Waals surface area contributed by atoms with Gasteiger partial charge in [-0.05, 0) is 44.2 Å². The van der Waals surface area contributed by atoms with Crippen LogP contribution in [0.4, 0.5) is 0 Å². The average molecular weight is 344 g/mol. The predicted octanol–water partition coefficient (Wildman–Crippen LogP) is 0.995. The number of ether oxygens (including phenoxy) is 2. The minimum absolute atomic E-state index is 0.123. The van der Waals surface area contributed by atoms with Gasteiger partial charge in [0.1, 0.15) is 12.5 Å². The molecule has 0 amide bonds. The van der Waals surface area contributed by atoms with E-state index < -0.39 is 10.0 Å². The molecule has 0 aliphatic heterocycles. The molecule has 0 aromatic heterocycles. The zero-order valence-corrected chi connectivity index (χ0v) is 15.0. The number of hydrogen-bond acceptors (Lipinski definition) is 6. The molecule has 0 atom stereocenters. The van der Waals surface area contributed by atoms with Gasteiger partial charge < -0.3 is 9.47 Å². The minimum atomic E-state index is -3.60. The number of sulfonamides is 1. The van der Waals surface area contributed by atoms with Crippen molar-refractivity contribution >= 4 is 16.5 Å². The topological polar surface area (TPSA) is 76.2 Å². The van der Waals surface area contributed by atoms with Gasteiger partial charge in [0.15, 0.2) is 0 Å². The van der Waals surface area contributed by atoms with Crippen molar-refractivity contribution in [2.75, 3.05) is 41.0 Å². The Labute approximate surface area is 137 Å². The first-order chi connectivity index (χ1) is 10.7. The summed E-state index contributed by atoms with van der Waals surface area (Å²) in [5.74, 6) is 0.632. The van der Waals surface area contributed by atoms with E-state index in [0.29, 0.717) is 34.8 Å². The van der Waals surface area contributed by atoms with E-state index in [2.05, 4.69) is 4.74 Å². The molecule has 0 bridgehead atoms. The van der Waals surface area contributed by atoms with E-state index in [-0.39, 0.29) is 13.3 Å². The van der Waals surface area contributed by atoms with Crippen LogP contribution in [-0.2, 0) is 19.6 Å². The highest BCUT2D eigenvalue weighted by Crippen LogP contribution is 2.27. The van der Waals surface area contributed by atoms with Gasteiger partial charge in [0.2, 0.25) is 10.0 Å². The molecule has 8 heteroatoms. The highest BCUT2D eigenvalue weighted by atomic mass is 32.2. The van der Waals surface area contributed by atoms with Gasteiger partial charge in [0.25, 0.3) is 6.47 Å². The van der Waals surface area contributed by atoms with Crippen molar-refractivity contribution in [2.45, 2.75) is 18.7 Å². The van der Waals surface area contributed by atoms with Crippen molar-refractivity contribution in [1.29, 1.82) is 0 Å². The fourth-order valence-electron chi connectivity index (χ4n) is 2.25. The number of rotatable bonds is 9. The maximum absolute atomic E-state index is 12.8. The van der Waals surface area contributed by atoms with E-state index in [1.807, 2.05) is 0 Å². The van der Waals surface area contributed by atoms with E-state index in [0.717, 1.165) is 0 Å². The molecule has 0 aliphatic carbocycles. The Morgan fingerprint density at radius 2 is 1.70 bits per heavy atom. The summed E-state index contributed by atoms with van der Waals surface area (Å²) in [5, 5.41) is 0. The molecule has 0 heterocycles. The quantitative estimate of drug-likeness (QED) is 0.491. The lowest BCUT2D eigenvalue weighted by molar-refractivity contribution is -0.132. The summed E-state index contributed by atoms with van der Waals surface area (Å²) in [5.41, 5.74) is 1.29. The molecular weight excluding hydrogens is 320 g/mol. The zero-order chi connectivity index (χ0) is 17.6. The molecule has 0 saturated carbocycles. The Bertz CT molecular complexity index is 622. The van der Waals surface area contributed by atoms with E-state index in [1.165, 1.54) is 11.4 Å². The molecule has 1 aromatic carbocycles. The van der Waals surface area contributed by atoms with E-state index in [4.69, 9.17) is 4.74 Å². The van der Waals surface area contributed by atoms with Crippen LogP contribution in [0.5, 0.6) is 5.75 Å². The maximum atomic E-state index is 12.8. The van der Waals surface area contributed by atoms with Gasteiger partial charge in [-0.25, -0.2) is 8.42 Å². The van der Waals surface area contributed by atoms with Crippen molar-refractivity contribution < 1.29 is 22.7 Å². The average Bonchev–Trinajstić information content (AvgIpc) is 2.49. The van der Waals surface area contributed by atoms with Crippen LogP contribution in [0.1, 0.15) is 11.1 Å². The highest BCUT2D eigenvalue weighted by Gasteiger charge is 2.25. The Hall–Kier alpha value is -1.64. The summed E-state index contributed by atoms with van der Waals surface area (Å²) in [6, 6.07) is 3.41. The maximum Gasteiger partial charge on any atom is 0.294 e. The number of hydrogen-bond donors (Lipinski definition) is 0. The van der Waals surface area contributed by atoms with Gasteiger partial charge >= 0.3 is 0 Å². The molecule has 0 saturated heterocycles. The number of methoxy groups -OCH3 is 1. The van der Waals surface area contributed by atoms with Crippen LogP contribution >= 0.6 is 0 Å². The molecule has 1 aromatic rings. The molecule has 0 radical (unpaired) electrons. The van der Waals surface area contributed by atoms with Crippen molar-refractivity contribution in [3.63, 3.8) is 0 Å². The second-order valence-electron chi connectivity index (χ2n) is 5.39. The molecule has 0 spiro atoms. The molecule has 0 N–H and O–H groups in total. The molecule has 0 unspecified atom stereocenters. The minimum Gasteiger partial charge on any atom is -0.497 e. The normalized spacial score (nSPS) is 11.8. The standard InChI is InChI=1S/C15H24N2O5S/c1-12-8-14(21-5)9-13(2)15(12)23(19,20)17(4)7-6-16(3)10-22-11-18/h8-9,11H,6-7,10H2,1-5H3. The lowest BCUT2D eigenvalue weighted by atomic mass is 10.1. The third kappa shape index (κ3) is 4.92. The van der Waals surface area contributed by atoms with Crippen LogP contribution in [0, 0.1) is 13.8 Å². The molecule has 23 heavy (non-hydrogen) atoms. The molecule has 0 aliphatic rings. The molecule has 0 fully saturated rings. The van der Waals surface area contributed by atoms with Crippen LogP contribution in [0.25, 0.3) is 0 Å². The Kier molecular flexibility index (Phi) is 6.99. The SMILES string of the molecule is COc1cc(C)c(S(=O)(=O)N(C)CCN(C)COC=O)c(C)c1. The number of nitrogens with zero attached hydrogens (tertiary/aromatic N) is 2. The third-order valence-corrected chi connectivity index (χ3v) is 5.66. The van der Waals surface area contributed by atoms with Gasteiger partial charge in [-0.15, -0.1) is 0 Å². The molecular formula is C15H24N2O5S. The summed E-state index contributed by atoms with van der Waals surface area (Å²) in [7, 11) is 1.23. The van der Waals surface area contributed by atoms with Gasteiger partial charge in [-0.1, -0.05) is 0 Å². The number of aryl methyl sites for hydroxylation is 2. The summed E-state index contributed by atoms with van der Waals surface area (Å²) >= 11 is 0. The summed E-state index contributed by atoms with van der Waals surface area (Å²) in [6.45, 7) is 4.71. The van der Waals surface area contributed by atoms with Crippen LogP contribution in [-0.4, -0.2) is 65.1 Å². The summed E-state index contributed by atoms with van der Waals surface area (Å²) in [4.78, 5) is 12.2. The van der Waals surface area contributed by atoms with E-state index in [1.54, 1.807) is 45.0 Å². The number of likely N-dealkylation sites (N-methyl/N-ethyl adjacent to an activating group) is 2. The van der Waals surface area contributed by atoms with Crippen LogP contribution in [0.3, 0.4) is 0 Å². The zero-order valence-electron chi connectivity index (χ0n) is 14.2. The monoisotopic (exact) mass is 344 g/mol. The number of benzene rings is 1.